The number of benzene rings is 3. The Morgan fingerprint density at radius 2 is 1.73 bits per heavy atom. The third kappa shape index (κ3) is 6.62. The lowest BCUT2D eigenvalue weighted by Crippen LogP contribution is -2.09. The van der Waals surface area contributed by atoms with Gasteiger partial charge in [0.05, 0.1) is 33.5 Å². The van der Waals surface area contributed by atoms with Gasteiger partial charge in [-0.3, -0.25) is 4.79 Å². The minimum atomic E-state index is -0.314. The molecule has 0 fully saturated rings. The first kappa shape index (κ1) is 27.6. The molecule has 7 heteroatoms. The maximum absolute atomic E-state index is 12.1. The van der Waals surface area contributed by atoms with Gasteiger partial charge in [-0.2, -0.15) is 0 Å². The van der Waals surface area contributed by atoms with Crippen LogP contribution in [0.15, 0.2) is 65.3 Å². The quantitative estimate of drug-likeness (QED) is 0.253. The molecule has 0 aliphatic heterocycles. The number of methoxy groups -OCH3 is 2. The van der Waals surface area contributed by atoms with Crippen LogP contribution in [0.25, 0.3) is 22.1 Å². The van der Waals surface area contributed by atoms with Crippen LogP contribution in [0.3, 0.4) is 0 Å². The highest BCUT2D eigenvalue weighted by Crippen LogP contribution is 2.36. The lowest BCUT2D eigenvalue weighted by molar-refractivity contribution is -0.142. The fourth-order valence-corrected chi connectivity index (χ4v) is 3.93. The summed E-state index contributed by atoms with van der Waals surface area (Å²) >= 11 is 0. The monoisotopic (exact) mass is 505 g/mol. The van der Waals surface area contributed by atoms with Gasteiger partial charge in [-0.05, 0) is 47.9 Å². The minimum absolute atomic E-state index is 0.106. The van der Waals surface area contributed by atoms with E-state index >= 15 is 0 Å². The first-order chi connectivity index (χ1) is 18.1. The molecular formula is C30H35NO6. The fraction of sp³-hybridized carbons (Fsp3) is 0.300. The van der Waals surface area contributed by atoms with Crippen molar-refractivity contribution in [3.63, 3.8) is 0 Å². The molecule has 7 nitrogen and oxygen atoms in total. The van der Waals surface area contributed by atoms with Gasteiger partial charge in [0.25, 0.3) is 0 Å². The zero-order valence-corrected chi connectivity index (χ0v) is 22.1. The molecule has 0 saturated carbocycles. The van der Waals surface area contributed by atoms with Gasteiger partial charge in [-0.15, -0.1) is 0 Å². The normalized spacial score (nSPS) is 10.4. The first-order valence-corrected chi connectivity index (χ1v) is 12.4. The third-order valence-electron chi connectivity index (χ3n) is 5.73. The van der Waals surface area contributed by atoms with Crippen LogP contribution < -0.4 is 19.9 Å². The maximum atomic E-state index is 12.1. The van der Waals surface area contributed by atoms with Crippen LogP contribution >= 0.6 is 0 Å². The highest BCUT2D eigenvalue weighted by atomic mass is 16.5. The fourth-order valence-electron chi connectivity index (χ4n) is 3.93. The summed E-state index contributed by atoms with van der Waals surface area (Å²) < 4.78 is 28.1. The average molecular weight is 506 g/mol. The SMILES string of the molecule is CC.CCOC(=O)Cc1ccc(OC)cc1OCc1coc2c(OC)cc(-c3cccc(CN)c3)cc12. The van der Waals surface area contributed by atoms with Crippen LogP contribution in [-0.4, -0.2) is 26.8 Å². The van der Waals surface area contributed by atoms with Crippen molar-refractivity contribution in [1.82, 2.24) is 0 Å². The van der Waals surface area contributed by atoms with Gasteiger partial charge in [0, 0.05) is 29.1 Å². The largest absolute Gasteiger partial charge is 0.497 e. The molecule has 0 aliphatic rings. The summed E-state index contributed by atoms with van der Waals surface area (Å²) in [6.07, 6.45) is 1.77. The van der Waals surface area contributed by atoms with E-state index < -0.39 is 0 Å². The summed E-state index contributed by atoms with van der Waals surface area (Å²) in [5, 5.41) is 0.882. The van der Waals surface area contributed by atoms with Crippen LogP contribution in [-0.2, 0) is 29.1 Å². The summed E-state index contributed by atoms with van der Waals surface area (Å²) in [5.41, 5.74) is 11.1. The minimum Gasteiger partial charge on any atom is -0.497 e. The van der Waals surface area contributed by atoms with Crippen LogP contribution in [0.1, 0.15) is 37.5 Å². The molecule has 1 heterocycles. The van der Waals surface area contributed by atoms with E-state index in [2.05, 4.69) is 12.1 Å². The third-order valence-corrected chi connectivity index (χ3v) is 5.73. The number of carbonyl (C=O) groups is 1. The Kier molecular flexibility index (Phi) is 9.98. The van der Waals surface area contributed by atoms with E-state index in [1.807, 2.05) is 44.2 Å². The van der Waals surface area contributed by atoms with Crippen molar-refractivity contribution in [2.24, 2.45) is 5.73 Å². The molecule has 0 radical (unpaired) electrons. The lowest BCUT2D eigenvalue weighted by atomic mass is 10.00. The van der Waals surface area contributed by atoms with Crippen molar-refractivity contribution in [1.29, 1.82) is 0 Å². The molecule has 0 spiro atoms. The number of hydrogen-bond donors (Lipinski definition) is 1. The van der Waals surface area contributed by atoms with Gasteiger partial charge in [0.1, 0.15) is 18.1 Å². The standard InChI is InChI=1S/C28H29NO6.C2H6/c1-4-33-27(30)13-20-8-9-23(31-2)14-25(20)34-16-22-17-35-28-24(22)11-21(12-26(28)32-3)19-7-5-6-18(10-19)15-29;1-2/h5-12,14,17H,4,13,15-16,29H2,1-3H3;1-2H3. The van der Waals surface area contributed by atoms with E-state index in [1.54, 1.807) is 39.5 Å². The molecular weight excluding hydrogens is 470 g/mol. The molecule has 0 bridgehead atoms. The van der Waals surface area contributed by atoms with Crippen molar-refractivity contribution in [3.05, 3.63) is 77.6 Å². The van der Waals surface area contributed by atoms with Gasteiger partial charge in [0.15, 0.2) is 11.3 Å². The van der Waals surface area contributed by atoms with Crippen LogP contribution in [0.2, 0.25) is 0 Å². The molecule has 0 unspecified atom stereocenters. The van der Waals surface area contributed by atoms with E-state index in [0.717, 1.165) is 27.6 Å². The summed E-state index contributed by atoms with van der Waals surface area (Å²) in [6, 6.07) is 17.5. The topological polar surface area (TPSA) is 93.2 Å². The van der Waals surface area contributed by atoms with Gasteiger partial charge in [-0.1, -0.05) is 38.1 Å². The number of carbonyl (C=O) groups excluding carboxylic acids is 1. The van der Waals surface area contributed by atoms with Gasteiger partial charge < -0.3 is 29.1 Å². The van der Waals surface area contributed by atoms with Crippen molar-refractivity contribution in [3.8, 4) is 28.4 Å². The molecule has 2 N–H and O–H groups in total. The number of esters is 1. The zero-order chi connectivity index (χ0) is 26.8. The second-order valence-corrected chi connectivity index (χ2v) is 7.96. The molecule has 0 saturated heterocycles. The molecule has 4 rings (SSSR count). The Balaban J connectivity index is 0.00000186. The molecule has 37 heavy (non-hydrogen) atoms. The molecule has 196 valence electrons. The van der Waals surface area contributed by atoms with Crippen molar-refractivity contribution < 1.29 is 28.2 Å². The highest BCUT2D eigenvalue weighted by molar-refractivity contribution is 5.91. The van der Waals surface area contributed by atoms with Gasteiger partial charge in [-0.25, -0.2) is 0 Å². The second-order valence-electron chi connectivity index (χ2n) is 7.96. The first-order valence-electron chi connectivity index (χ1n) is 12.4. The molecule has 3 aromatic carbocycles. The number of ether oxygens (including phenoxy) is 4. The van der Waals surface area contributed by atoms with Crippen molar-refractivity contribution in [2.45, 2.75) is 40.3 Å². The molecule has 0 amide bonds. The number of nitrogens with two attached hydrogens (primary N) is 1. The van der Waals surface area contributed by atoms with E-state index in [9.17, 15) is 4.79 Å². The summed E-state index contributed by atoms with van der Waals surface area (Å²) in [4.78, 5) is 12.1. The Labute approximate surface area is 218 Å². The Morgan fingerprint density at radius 3 is 2.43 bits per heavy atom. The molecule has 0 atom stereocenters. The van der Waals surface area contributed by atoms with Crippen LogP contribution in [0.5, 0.6) is 17.2 Å². The van der Waals surface area contributed by atoms with Crippen LogP contribution in [0, 0.1) is 0 Å². The summed E-state index contributed by atoms with van der Waals surface area (Å²) in [5.74, 6) is 1.50. The van der Waals surface area contributed by atoms with Crippen LogP contribution in [0.4, 0.5) is 0 Å². The Hall–Kier alpha value is -3.97. The molecule has 1 aromatic heterocycles. The highest BCUT2D eigenvalue weighted by Gasteiger charge is 2.16. The van der Waals surface area contributed by atoms with E-state index in [0.29, 0.717) is 41.5 Å². The van der Waals surface area contributed by atoms with E-state index in [1.165, 1.54) is 0 Å². The molecule has 4 aromatic rings. The average Bonchev–Trinajstić information content (AvgIpc) is 3.36. The number of hydrogen-bond acceptors (Lipinski definition) is 7. The number of furan rings is 1. The predicted molar refractivity (Wildman–Crippen MR) is 145 cm³/mol. The second kappa shape index (κ2) is 13.4. The summed E-state index contributed by atoms with van der Waals surface area (Å²) in [7, 11) is 3.20. The zero-order valence-electron chi connectivity index (χ0n) is 22.1. The van der Waals surface area contributed by atoms with Crippen molar-refractivity contribution in [2.75, 3.05) is 20.8 Å². The number of fused-ring (bicyclic) bond motifs is 1. The lowest BCUT2D eigenvalue weighted by Gasteiger charge is -2.13. The Bertz CT molecular complexity index is 1330. The molecule has 0 aliphatic carbocycles. The van der Waals surface area contributed by atoms with Gasteiger partial charge in [0.2, 0.25) is 0 Å². The van der Waals surface area contributed by atoms with Crippen molar-refractivity contribution >= 4 is 16.9 Å². The van der Waals surface area contributed by atoms with E-state index in [4.69, 9.17) is 29.1 Å². The Morgan fingerprint density at radius 1 is 0.919 bits per heavy atom. The maximum Gasteiger partial charge on any atom is 0.310 e. The van der Waals surface area contributed by atoms with E-state index in [-0.39, 0.29) is 19.0 Å². The summed E-state index contributed by atoms with van der Waals surface area (Å²) in [6.45, 7) is 6.80. The van der Waals surface area contributed by atoms with Gasteiger partial charge >= 0.3 is 5.97 Å². The number of rotatable bonds is 10. The smallest absolute Gasteiger partial charge is 0.310 e. The predicted octanol–water partition coefficient (Wildman–Crippen LogP) is 6.29.